The smallest absolute Gasteiger partial charge is 0.335 e. The van der Waals surface area contributed by atoms with E-state index in [0.29, 0.717) is 28.5 Å². The highest BCUT2D eigenvalue weighted by Crippen LogP contribution is 2.32. The molecule has 0 aliphatic rings. The molecule has 0 fully saturated rings. The van der Waals surface area contributed by atoms with Gasteiger partial charge in [-0.25, -0.2) is 4.79 Å². The molecule has 0 unspecified atom stereocenters. The minimum absolute atomic E-state index is 0.151. The molecule has 7 heteroatoms. The van der Waals surface area contributed by atoms with Crippen molar-refractivity contribution in [2.24, 2.45) is 0 Å². The summed E-state index contributed by atoms with van der Waals surface area (Å²) in [6.07, 6.45) is 0. The molecule has 1 heterocycles. The maximum atomic E-state index is 11.0. The zero-order valence-electron chi connectivity index (χ0n) is 13.0. The van der Waals surface area contributed by atoms with E-state index in [0.717, 1.165) is 0 Å². The summed E-state index contributed by atoms with van der Waals surface area (Å²) >= 11 is 0. The quantitative estimate of drug-likeness (QED) is 0.769. The van der Waals surface area contributed by atoms with Crippen molar-refractivity contribution in [1.29, 1.82) is 0 Å². The van der Waals surface area contributed by atoms with Crippen molar-refractivity contribution in [2.45, 2.75) is 0 Å². The Hall–Kier alpha value is -3.35. The fourth-order valence-electron chi connectivity index (χ4n) is 2.21. The zero-order valence-corrected chi connectivity index (χ0v) is 13.0. The van der Waals surface area contributed by atoms with Crippen LogP contribution in [0.3, 0.4) is 0 Å². The average Bonchev–Trinajstić information content (AvgIpc) is 3.11. The molecule has 7 nitrogen and oxygen atoms in total. The molecule has 0 spiro atoms. The Balaban J connectivity index is 1.96. The summed E-state index contributed by atoms with van der Waals surface area (Å²) in [4.78, 5) is 11.0. The van der Waals surface area contributed by atoms with Crippen molar-refractivity contribution in [3.8, 4) is 34.4 Å². The highest BCUT2D eigenvalue weighted by Gasteiger charge is 2.14. The Bertz CT molecular complexity index is 888. The molecule has 0 atom stereocenters. The number of benzene rings is 2. The van der Waals surface area contributed by atoms with Crippen molar-refractivity contribution in [3.63, 3.8) is 0 Å². The molecule has 24 heavy (non-hydrogen) atoms. The van der Waals surface area contributed by atoms with E-state index < -0.39 is 5.97 Å². The number of aromatic nitrogens is 2. The number of methoxy groups -OCH3 is 2. The summed E-state index contributed by atoms with van der Waals surface area (Å²) in [6, 6.07) is 11.5. The highest BCUT2D eigenvalue weighted by molar-refractivity contribution is 5.89. The lowest BCUT2D eigenvalue weighted by atomic mass is 10.1. The lowest BCUT2D eigenvalue weighted by Crippen LogP contribution is -1.95. The minimum atomic E-state index is -1.02. The standard InChI is InChI=1S/C17H14N2O5/c1-22-13-7-6-11(9-14(13)23-2)16-19-18-15(24-16)10-4-3-5-12(8-10)17(20)21/h3-9H,1-2H3,(H,20,21). The van der Waals surface area contributed by atoms with E-state index in [9.17, 15) is 4.79 Å². The number of ether oxygens (including phenoxy) is 2. The lowest BCUT2D eigenvalue weighted by molar-refractivity contribution is 0.0697. The second-order valence-corrected chi connectivity index (χ2v) is 4.87. The normalized spacial score (nSPS) is 10.4. The first kappa shape index (κ1) is 15.5. The van der Waals surface area contributed by atoms with Gasteiger partial charge in [-0.1, -0.05) is 6.07 Å². The topological polar surface area (TPSA) is 94.7 Å². The monoisotopic (exact) mass is 326 g/mol. The number of aromatic carboxylic acids is 1. The van der Waals surface area contributed by atoms with E-state index in [-0.39, 0.29) is 11.5 Å². The number of carboxylic acids is 1. The van der Waals surface area contributed by atoms with Crippen LogP contribution in [-0.4, -0.2) is 35.5 Å². The van der Waals surface area contributed by atoms with Gasteiger partial charge in [-0.3, -0.25) is 0 Å². The van der Waals surface area contributed by atoms with Crippen LogP contribution >= 0.6 is 0 Å². The Kier molecular flexibility index (Phi) is 4.15. The van der Waals surface area contributed by atoms with E-state index in [2.05, 4.69) is 10.2 Å². The van der Waals surface area contributed by atoms with Gasteiger partial charge in [0.1, 0.15) is 0 Å². The minimum Gasteiger partial charge on any atom is -0.493 e. The second kappa shape index (κ2) is 6.41. The van der Waals surface area contributed by atoms with E-state index >= 15 is 0 Å². The number of carbonyl (C=O) groups is 1. The number of hydrogen-bond donors (Lipinski definition) is 1. The summed E-state index contributed by atoms with van der Waals surface area (Å²) in [5, 5.41) is 17.0. The number of rotatable bonds is 5. The molecule has 2 aromatic carbocycles. The molecule has 0 bridgehead atoms. The van der Waals surface area contributed by atoms with E-state index in [1.807, 2.05) is 0 Å². The molecule has 0 aliphatic carbocycles. The van der Waals surface area contributed by atoms with Gasteiger partial charge in [0, 0.05) is 11.1 Å². The van der Waals surface area contributed by atoms with Crippen molar-refractivity contribution < 1.29 is 23.8 Å². The van der Waals surface area contributed by atoms with Crippen LogP contribution in [0.25, 0.3) is 22.9 Å². The number of carboxylic acid groups (broad SMARTS) is 1. The van der Waals surface area contributed by atoms with Gasteiger partial charge < -0.3 is 19.0 Å². The molecular weight excluding hydrogens is 312 g/mol. The molecule has 1 N–H and O–H groups in total. The van der Waals surface area contributed by atoms with Gasteiger partial charge in [-0.05, 0) is 36.4 Å². The predicted octanol–water partition coefficient (Wildman–Crippen LogP) is 3.12. The van der Waals surface area contributed by atoms with Crippen LogP contribution in [0, 0.1) is 0 Å². The zero-order chi connectivity index (χ0) is 17.1. The van der Waals surface area contributed by atoms with Crippen LogP contribution in [0.2, 0.25) is 0 Å². The second-order valence-electron chi connectivity index (χ2n) is 4.87. The van der Waals surface area contributed by atoms with Crippen molar-refractivity contribution in [1.82, 2.24) is 10.2 Å². The number of hydrogen-bond acceptors (Lipinski definition) is 6. The number of nitrogens with zero attached hydrogens (tertiary/aromatic N) is 2. The first-order valence-corrected chi connectivity index (χ1v) is 7.02. The first-order valence-electron chi connectivity index (χ1n) is 7.02. The van der Waals surface area contributed by atoms with Gasteiger partial charge in [-0.2, -0.15) is 0 Å². The van der Waals surface area contributed by atoms with Crippen LogP contribution in [0.4, 0.5) is 0 Å². The Morgan fingerprint density at radius 2 is 1.62 bits per heavy atom. The van der Waals surface area contributed by atoms with Gasteiger partial charge in [0.05, 0.1) is 19.8 Å². The van der Waals surface area contributed by atoms with E-state index in [1.165, 1.54) is 19.2 Å². The maximum Gasteiger partial charge on any atom is 0.335 e. The van der Waals surface area contributed by atoms with Gasteiger partial charge in [0.25, 0.3) is 0 Å². The Labute approximate surface area is 137 Å². The molecule has 0 saturated carbocycles. The van der Waals surface area contributed by atoms with Gasteiger partial charge in [0.2, 0.25) is 11.8 Å². The van der Waals surface area contributed by atoms with Crippen LogP contribution < -0.4 is 9.47 Å². The van der Waals surface area contributed by atoms with Crippen LogP contribution in [0.5, 0.6) is 11.5 Å². The van der Waals surface area contributed by atoms with Crippen LogP contribution in [-0.2, 0) is 0 Å². The molecule has 122 valence electrons. The van der Waals surface area contributed by atoms with Gasteiger partial charge in [0.15, 0.2) is 11.5 Å². The molecule has 0 saturated heterocycles. The highest BCUT2D eigenvalue weighted by atomic mass is 16.5. The first-order chi connectivity index (χ1) is 11.6. The van der Waals surface area contributed by atoms with Crippen LogP contribution in [0.15, 0.2) is 46.9 Å². The lowest BCUT2D eigenvalue weighted by Gasteiger charge is -2.07. The summed E-state index contributed by atoms with van der Waals surface area (Å²) in [7, 11) is 3.09. The molecular formula is C17H14N2O5. The summed E-state index contributed by atoms with van der Waals surface area (Å²) in [5.74, 6) is 0.656. The maximum absolute atomic E-state index is 11.0. The van der Waals surface area contributed by atoms with Gasteiger partial charge in [-0.15, -0.1) is 10.2 Å². The third-order valence-corrected chi connectivity index (χ3v) is 3.41. The van der Waals surface area contributed by atoms with Crippen molar-refractivity contribution >= 4 is 5.97 Å². The SMILES string of the molecule is COc1ccc(-c2nnc(-c3cccc(C(=O)O)c3)o2)cc1OC. The summed E-state index contributed by atoms with van der Waals surface area (Å²) < 4.78 is 16.1. The van der Waals surface area contributed by atoms with Crippen molar-refractivity contribution in [3.05, 3.63) is 48.0 Å². The van der Waals surface area contributed by atoms with Crippen LogP contribution in [0.1, 0.15) is 10.4 Å². The Morgan fingerprint density at radius 3 is 2.25 bits per heavy atom. The molecule has 0 amide bonds. The van der Waals surface area contributed by atoms with E-state index in [1.54, 1.807) is 37.4 Å². The molecule has 0 aliphatic heterocycles. The Morgan fingerprint density at radius 1 is 0.958 bits per heavy atom. The average molecular weight is 326 g/mol. The third-order valence-electron chi connectivity index (χ3n) is 3.41. The molecule has 1 aromatic heterocycles. The van der Waals surface area contributed by atoms with Gasteiger partial charge >= 0.3 is 5.97 Å². The summed E-state index contributed by atoms with van der Waals surface area (Å²) in [6.45, 7) is 0. The van der Waals surface area contributed by atoms with E-state index in [4.69, 9.17) is 19.0 Å². The fraction of sp³-hybridized carbons (Fsp3) is 0.118. The molecule has 3 rings (SSSR count). The molecule has 3 aromatic rings. The third kappa shape index (κ3) is 2.91. The van der Waals surface area contributed by atoms with Crippen molar-refractivity contribution in [2.75, 3.05) is 14.2 Å². The molecule has 0 radical (unpaired) electrons. The predicted molar refractivity (Wildman–Crippen MR) is 85.2 cm³/mol. The largest absolute Gasteiger partial charge is 0.493 e. The fourth-order valence-corrected chi connectivity index (χ4v) is 2.21. The summed E-state index contributed by atoms with van der Waals surface area (Å²) in [5.41, 5.74) is 1.35.